The number of aromatic amines is 1. The van der Waals surface area contributed by atoms with Crippen molar-refractivity contribution in [1.29, 1.82) is 0 Å². The van der Waals surface area contributed by atoms with Gasteiger partial charge in [0, 0.05) is 12.3 Å². The van der Waals surface area contributed by atoms with Gasteiger partial charge < -0.3 is 28.3 Å². The van der Waals surface area contributed by atoms with Crippen molar-refractivity contribution in [3.63, 3.8) is 0 Å². The lowest BCUT2D eigenvalue weighted by molar-refractivity contribution is -0.0596. The molecule has 6 heterocycles. The Morgan fingerprint density at radius 3 is 2.10 bits per heavy atom. The number of aryl methyl sites for hydroxylation is 1. The summed E-state index contributed by atoms with van der Waals surface area (Å²) in [6, 6.07) is 0.973. The van der Waals surface area contributed by atoms with Crippen LogP contribution in [-0.4, -0.2) is 88.8 Å². The van der Waals surface area contributed by atoms with E-state index in [0.29, 0.717) is 11.2 Å². The maximum absolute atomic E-state index is 15.9. The first-order valence-electron chi connectivity index (χ1n) is 12.2. The van der Waals surface area contributed by atoms with E-state index in [0.717, 1.165) is 16.8 Å². The summed E-state index contributed by atoms with van der Waals surface area (Å²) in [5, 5.41) is 0. The Bertz CT molecular complexity index is 1730. The number of alkyl halides is 2. The molecule has 3 aromatic heterocycles. The van der Waals surface area contributed by atoms with E-state index in [2.05, 4.69) is 15.0 Å². The zero-order valence-corrected chi connectivity index (χ0v) is 24.6. The van der Waals surface area contributed by atoms with Crippen LogP contribution in [0.5, 0.6) is 0 Å². The Kier molecular flexibility index (Phi) is 8.04. The molecule has 3 saturated heterocycles. The Morgan fingerprint density at radius 2 is 1.52 bits per heavy atom. The molecular formula is C20H22F2N6O10P2S2. The zero-order chi connectivity index (χ0) is 30.0. The van der Waals surface area contributed by atoms with Gasteiger partial charge in [-0.25, -0.2) is 28.5 Å². The van der Waals surface area contributed by atoms with Crippen molar-refractivity contribution in [3.8, 4) is 0 Å². The molecule has 3 aliphatic heterocycles. The molecule has 0 saturated carbocycles. The van der Waals surface area contributed by atoms with Crippen LogP contribution < -0.4 is 11.2 Å². The molecule has 0 amide bonds. The summed E-state index contributed by atoms with van der Waals surface area (Å²) in [7, 11) is 0. The normalized spacial score (nSPS) is 39.4. The topological polar surface area (TPSA) is 194 Å². The van der Waals surface area contributed by atoms with Crippen LogP contribution in [0.1, 0.15) is 18.1 Å². The second kappa shape index (κ2) is 11.2. The van der Waals surface area contributed by atoms with Crippen molar-refractivity contribution in [1.82, 2.24) is 29.1 Å². The fraction of sp³-hybridized carbons (Fsp3) is 0.550. The average molecular weight is 671 g/mol. The Balaban J connectivity index is 1.28. The van der Waals surface area contributed by atoms with Crippen molar-refractivity contribution >= 4 is 48.2 Å². The lowest BCUT2D eigenvalue weighted by atomic mass is 10.1. The molecular weight excluding hydrogens is 648 g/mol. The van der Waals surface area contributed by atoms with E-state index in [-0.39, 0.29) is 5.65 Å². The van der Waals surface area contributed by atoms with Crippen LogP contribution in [0.15, 0.2) is 34.5 Å². The number of H-pyrrole nitrogens is 1. The van der Waals surface area contributed by atoms with Crippen LogP contribution in [0.25, 0.3) is 11.2 Å². The number of hydrogen-bond donors (Lipinski definition) is 3. The molecule has 0 spiro atoms. The van der Waals surface area contributed by atoms with Crippen molar-refractivity contribution in [2.45, 2.75) is 56.1 Å². The number of aromatic nitrogens is 6. The van der Waals surface area contributed by atoms with E-state index in [9.17, 15) is 19.4 Å². The summed E-state index contributed by atoms with van der Waals surface area (Å²) in [5.74, 6) is 0. The van der Waals surface area contributed by atoms with E-state index < -0.39 is 87.1 Å². The van der Waals surface area contributed by atoms with Crippen molar-refractivity contribution < 1.29 is 46.1 Å². The van der Waals surface area contributed by atoms with Crippen molar-refractivity contribution in [2.75, 3.05) is 13.2 Å². The summed E-state index contributed by atoms with van der Waals surface area (Å²) in [6.45, 7) is -8.14. The van der Waals surface area contributed by atoms with Gasteiger partial charge in [0.15, 0.2) is 30.4 Å². The third kappa shape index (κ3) is 5.67. The maximum atomic E-state index is 15.9. The minimum absolute atomic E-state index is 0.263. The molecule has 228 valence electrons. The Labute approximate surface area is 244 Å². The number of halogens is 2. The van der Waals surface area contributed by atoms with Gasteiger partial charge in [-0.3, -0.25) is 28.0 Å². The standard InChI is InChI=1S/C20H22F2N6O10P2S2/c1-8-14-17(24-6-23-8)28(7-25-14)19-13(22)16-10(36-19)5-34-39(31,41)37-15-9(4-33-40(32,42)38-16)35-18(12(15)21)27-3-2-11(29)26-20(27)30/h2-3,6-7,9-10,12-13,15-16,18-19H,4-5H2,1H3,(H,31,41)(H,32,42)(H,26,29,30)/t9-,10-,12-,13-,15-,16-,18-,19-,39?,40?/m1/s1. The monoisotopic (exact) mass is 670 g/mol. The van der Waals surface area contributed by atoms with Gasteiger partial charge in [-0.05, 0) is 30.5 Å². The fourth-order valence-corrected chi connectivity index (χ4v) is 7.72. The number of ether oxygens (including phenoxy) is 2. The van der Waals surface area contributed by atoms with Gasteiger partial charge in [0.1, 0.15) is 36.3 Å². The van der Waals surface area contributed by atoms with Gasteiger partial charge in [0.05, 0.1) is 25.2 Å². The first-order valence-corrected chi connectivity index (χ1v) is 17.4. The second-order valence-electron chi connectivity index (χ2n) is 9.49. The van der Waals surface area contributed by atoms with Crippen LogP contribution >= 0.6 is 13.4 Å². The summed E-state index contributed by atoms with van der Waals surface area (Å²) < 4.78 is 66.8. The molecule has 0 aliphatic carbocycles. The largest absolute Gasteiger partial charge is 0.346 e. The van der Waals surface area contributed by atoms with Gasteiger partial charge >= 0.3 is 19.1 Å². The first-order chi connectivity index (χ1) is 19.8. The molecule has 0 radical (unpaired) electrons. The van der Waals surface area contributed by atoms with E-state index in [1.807, 2.05) is 4.98 Å². The van der Waals surface area contributed by atoms with Gasteiger partial charge in [-0.1, -0.05) is 0 Å². The lowest BCUT2D eigenvalue weighted by Crippen LogP contribution is -2.38. The molecule has 6 rings (SSSR count). The number of nitrogens with zero attached hydrogens (tertiary/aromatic N) is 5. The van der Waals surface area contributed by atoms with Crippen LogP contribution in [0.3, 0.4) is 0 Å². The highest BCUT2D eigenvalue weighted by Gasteiger charge is 2.53. The number of hydrogen-bond acceptors (Lipinski definition) is 13. The highest BCUT2D eigenvalue weighted by atomic mass is 32.5. The quantitative estimate of drug-likeness (QED) is 0.317. The first kappa shape index (κ1) is 30.1. The van der Waals surface area contributed by atoms with Crippen LogP contribution in [0.4, 0.5) is 8.78 Å². The minimum Gasteiger partial charge on any atom is -0.346 e. The highest BCUT2D eigenvalue weighted by molar-refractivity contribution is 8.07. The van der Waals surface area contributed by atoms with E-state index in [1.165, 1.54) is 17.2 Å². The molecule has 3 aromatic rings. The third-order valence-corrected chi connectivity index (χ3v) is 9.91. The third-order valence-electron chi connectivity index (χ3n) is 6.79. The summed E-state index contributed by atoms with van der Waals surface area (Å²) in [4.78, 5) is 59.7. The molecule has 3 aliphatic rings. The van der Waals surface area contributed by atoms with E-state index in [1.54, 1.807) is 6.92 Å². The molecule has 3 fully saturated rings. The number of fused-ring (bicyclic) bond motifs is 3. The SMILES string of the molecule is Cc1ncnc2c1ncn2[C@@H]1O[C@@H]2COP(O)(=S)O[C@H]3[C@@H](F)[C@H](n4ccc(=O)[nH]c4=O)O[C@@H]3COP(O)(=S)O[C@H]2[C@H]1F. The van der Waals surface area contributed by atoms with Crippen LogP contribution in [0.2, 0.25) is 0 Å². The van der Waals surface area contributed by atoms with Gasteiger partial charge in [0.25, 0.3) is 5.56 Å². The van der Waals surface area contributed by atoms with Gasteiger partial charge in [0.2, 0.25) is 0 Å². The number of nitrogens with one attached hydrogen (secondary N) is 1. The van der Waals surface area contributed by atoms with Crippen LogP contribution in [-0.2, 0) is 51.2 Å². The summed E-state index contributed by atoms with van der Waals surface area (Å²) in [5.41, 5.74) is -0.495. The second-order valence-corrected chi connectivity index (χ2v) is 15.1. The molecule has 10 atom stereocenters. The Hall–Kier alpha value is -1.93. The molecule has 3 N–H and O–H groups in total. The summed E-state index contributed by atoms with van der Waals surface area (Å²) in [6.07, 6.45) is -9.56. The fourth-order valence-electron chi connectivity index (χ4n) is 4.84. The van der Waals surface area contributed by atoms with Gasteiger partial charge in [-0.15, -0.1) is 0 Å². The van der Waals surface area contributed by atoms with Crippen LogP contribution in [0, 0.1) is 6.92 Å². The molecule has 42 heavy (non-hydrogen) atoms. The molecule has 22 heteroatoms. The molecule has 0 bridgehead atoms. The van der Waals surface area contributed by atoms with Crippen molar-refractivity contribution in [2.24, 2.45) is 0 Å². The number of rotatable bonds is 2. The maximum Gasteiger partial charge on any atom is 0.330 e. The minimum atomic E-state index is -4.27. The molecule has 2 unspecified atom stereocenters. The smallest absolute Gasteiger partial charge is 0.330 e. The molecule has 0 aromatic carbocycles. The average Bonchev–Trinajstić information content (AvgIpc) is 3.57. The predicted octanol–water partition coefficient (Wildman–Crippen LogP) is 0.407. The van der Waals surface area contributed by atoms with E-state index >= 15 is 8.78 Å². The highest BCUT2D eigenvalue weighted by Crippen LogP contribution is 2.54. The molecule has 16 nitrogen and oxygen atoms in total. The van der Waals surface area contributed by atoms with Crippen molar-refractivity contribution in [3.05, 3.63) is 51.4 Å². The summed E-state index contributed by atoms with van der Waals surface area (Å²) >= 11 is 10.2. The lowest BCUT2D eigenvalue weighted by Gasteiger charge is -2.29. The van der Waals surface area contributed by atoms with Gasteiger partial charge in [-0.2, -0.15) is 0 Å². The zero-order valence-electron chi connectivity index (χ0n) is 21.2. The Morgan fingerprint density at radius 1 is 0.952 bits per heavy atom. The number of imidazole rings is 1. The van der Waals surface area contributed by atoms with E-state index in [4.69, 9.17) is 51.2 Å². The predicted molar refractivity (Wildman–Crippen MR) is 144 cm³/mol.